The number of fused-ring (bicyclic) bond motifs is 1. The van der Waals surface area contributed by atoms with E-state index in [1.807, 2.05) is 24.3 Å². The van der Waals surface area contributed by atoms with Gasteiger partial charge >= 0.3 is 0 Å². The number of benzene rings is 2. The molecule has 2 aliphatic rings. The Bertz CT molecular complexity index is 920. The molecule has 0 atom stereocenters. The SMILES string of the molecule is O=C1CC2(CCCCC2)CC(O)=C1C=Nc1cccc2c(O)cccc12. The van der Waals surface area contributed by atoms with Gasteiger partial charge in [-0.2, -0.15) is 0 Å². The number of rotatable bonds is 2. The fourth-order valence-electron chi connectivity index (χ4n) is 4.43. The van der Waals surface area contributed by atoms with Crippen LogP contribution in [0, 0.1) is 5.41 Å². The molecule has 2 N–H and O–H groups in total. The molecule has 0 saturated heterocycles. The first-order valence-electron chi connectivity index (χ1n) is 9.28. The molecule has 0 aliphatic heterocycles. The Morgan fingerprint density at radius 2 is 1.65 bits per heavy atom. The topological polar surface area (TPSA) is 69.9 Å². The van der Waals surface area contributed by atoms with E-state index >= 15 is 0 Å². The molecule has 26 heavy (non-hydrogen) atoms. The van der Waals surface area contributed by atoms with Crippen LogP contribution in [0.3, 0.4) is 0 Å². The zero-order valence-electron chi connectivity index (χ0n) is 14.7. The number of hydrogen-bond acceptors (Lipinski definition) is 4. The number of carbonyl (C=O) groups excluding carboxylic acids is 1. The van der Waals surface area contributed by atoms with Crippen LogP contribution in [0.4, 0.5) is 5.69 Å². The second-order valence-electron chi connectivity index (χ2n) is 7.61. The monoisotopic (exact) mass is 349 g/mol. The molecule has 2 aromatic rings. The van der Waals surface area contributed by atoms with Gasteiger partial charge in [-0.05, 0) is 30.4 Å². The summed E-state index contributed by atoms with van der Waals surface area (Å²) in [5.41, 5.74) is 0.963. The minimum atomic E-state index is -0.0397. The third kappa shape index (κ3) is 3.00. The summed E-state index contributed by atoms with van der Waals surface area (Å²) in [5.74, 6) is 0.368. The van der Waals surface area contributed by atoms with E-state index in [1.165, 1.54) is 12.6 Å². The maximum Gasteiger partial charge on any atom is 0.168 e. The number of Topliss-reactive ketones (excluding diaryl/α,β-unsaturated/α-hetero) is 1. The fourth-order valence-corrected chi connectivity index (χ4v) is 4.43. The van der Waals surface area contributed by atoms with Crippen LogP contribution in [-0.2, 0) is 4.79 Å². The number of aliphatic hydroxyl groups excluding tert-OH is 1. The van der Waals surface area contributed by atoms with Crippen molar-refractivity contribution in [3.8, 4) is 5.75 Å². The Labute approximate surface area is 152 Å². The molecule has 0 heterocycles. The number of hydrogen-bond donors (Lipinski definition) is 2. The second kappa shape index (κ2) is 6.60. The number of carbonyl (C=O) groups is 1. The molecule has 1 spiro atoms. The molecular formula is C22H23NO3. The number of aromatic hydroxyl groups is 1. The van der Waals surface area contributed by atoms with E-state index in [4.69, 9.17) is 0 Å². The van der Waals surface area contributed by atoms with Gasteiger partial charge in [0.2, 0.25) is 0 Å². The van der Waals surface area contributed by atoms with Crippen LogP contribution in [0.15, 0.2) is 52.7 Å². The number of aliphatic imine (C=N–C) groups is 1. The third-order valence-electron chi connectivity index (χ3n) is 5.81. The van der Waals surface area contributed by atoms with Crippen LogP contribution in [0.5, 0.6) is 5.75 Å². The van der Waals surface area contributed by atoms with Crippen molar-refractivity contribution >= 4 is 28.5 Å². The first-order valence-corrected chi connectivity index (χ1v) is 9.28. The minimum Gasteiger partial charge on any atom is -0.511 e. The summed E-state index contributed by atoms with van der Waals surface area (Å²) >= 11 is 0. The van der Waals surface area contributed by atoms with Crippen LogP contribution in [-0.4, -0.2) is 22.2 Å². The lowest BCUT2D eigenvalue weighted by Crippen LogP contribution is -2.33. The molecule has 0 unspecified atom stereocenters. The van der Waals surface area contributed by atoms with E-state index in [1.54, 1.807) is 12.1 Å². The van der Waals surface area contributed by atoms with Crippen LogP contribution in [0.25, 0.3) is 10.8 Å². The van der Waals surface area contributed by atoms with Gasteiger partial charge in [-0.15, -0.1) is 0 Å². The lowest BCUT2D eigenvalue weighted by molar-refractivity contribution is -0.119. The first kappa shape index (κ1) is 16.8. The highest BCUT2D eigenvalue weighted by Crippen LogP contribution is 2.47. The molecule has 2 aliphatic carbocycles. The van der Waals surface area contributed by atoms with Gasteiger partial charge in [0, 0.05) is 29.8 Å². The van der Waals surface area contributed by atoms with Crippen molar-refractivity contribution in [3.05, 3.63) is 47.7 Å². The molecule has 0 bridgehead atoms. The average Bonchev–Trinajstić information content (AvgIpc) is 2.62. The molecule has 1 saturated carbocycles. The minimum absolute atomic E-state index is 0.0116. The van der Waals surface area contributed by atoms with Crippen molar-refractivity contribution in [3.63, 3.8) is 0 Å². The third-order valence-corrected chi connectivity index (χ3v) is 5.81. The maximum absolute atomic E-state index is 12.7. The Balaban J connectivity index is 1.66. The van der Waals surface area contributed by atoms with Crippen LogP contribution >= 0.6 is 0 Å². The number of nitrogens with zero attached hydrogens (tertiary/aromatic N) is 1. The van der Waals surface area contributed by atoms with Crippen LogP contribution in [0.2, 0.25) is 0 Å². The van der Waals surface area contributed by atoms with Crippen molar-refractivity contribution in [1.82, 2.24) is 0 Å². The van der Waals surface area contributed by atoms with Gasteiger partial charge < -0.3 is 10.2 Å². The molecule has 0 radical (unpaired) electrons. The summed E-state index contributed by atoms with van der Waals surface area (Å²) in [6.45, 7) is 0. The van der Waals surface area contributed by atoms with Gasteiger partial charge in [0.05, 0.1) is 11.3 Å². The number of ketones is 1. The summed E-state index contributed by atoms with van der Waals surface area (Å²) in [6.07, 6.45) is 8.14. The van der Waals surface area contributed by atoms with Crippen molar-refractivity contribution in [1.29, 1.82) is 0 Å². The zero-order chi connectivity index (χ0) is 18.1. The molecule has 134 valence electrons. The van der Waals surface area contributed by atoms with E-state index < -0.39 is 0 Å². The van der Waals surface area contributed by atoms with Gasteiger partial charge in [0.15, 0.2) is 5.78 Å². The Morgan fingerprint density at radius 1 is 0.923 bits per heavy atom. The molecule has 1 fully saturated rings. The highest BCUT2D eigenvalue weighted by Gasteiger charge is 2.40. The maximum atomic E-state index is 12.7. The van der Waals surface area contributed by atoms with Crippen molar-refractivity contribution < 1.29 is 15.0 Å². The number of aliphatic hydroxyl groups is 1. The summed E-state index contributed by atoms with van der Waals surface area (Å²) in [5, 5.41) is 22.0. The number of phenolic OH excluding ortho intramolecular Hbond substituents is 1. The molecule has 4 rings (SSSR count). The summed E-state index contributed by atoms with van der Waals surface area (Å²) < 4.78 is 0. The Hall–Kier alpha value is -2.62. The lowest BCUT2D eigenvalue weighted by Gasteiger charge is -2.39. The Morgan fingerprint density at radius 3 is 2.42 bits per heavy atom. The van der Waals surface area contributed by atoms with Gasteiger partial charge in [0.25, 0.3) is 0 Å². The normalized spacial score (nSPS) is 20.4. The number of phenols is 1. The van der Waals surface area contributed by atoms with E-state index in [0.29, 0.717) is 24.1 Å². The second-order valence-corrected chi connectivity index (χ2v) is 7.61. The van der Waals surface area contributed by atoms with Crippen molar-refractivity contribution in [2.75, 3.05) is 0 Å². The molecule has 0 aromatic heterocycles. The van der Waals surface area contributed by atoms with Crippen molar-refractivity contribution in [2.24, 2.45) is 10.4 Å². The van der Waals surface area contributed by atoms with Crippen LogP contribution in [0.1, 0.15) is 44.9 Å². The quantitative estimate of drug-likeness (QED) is 0.716. The van der Waals surface area contributed by atoms with Gasteiger partial charge in [-0.1, -0.05) is 43.5 Å². The average molecular weight is 349 g/mol. The highest BCUT2D eigenvalue weighted by molar-refractivity contribution is 6.15. The molecule has 2 aromatic carbocycles. The molecule has 0 amide bonds. The first-order chi connectivity index (χ1) is 12.6. The zero-order valence-corrected chi connectivity index (χ0v) is 14.7. The van der Waals surface area contributed by atoms with E-state index in [-0.39, 0.29) is 22.7 Å². The number of allylic oxidation sites excluding steroid dienone is 2. The van der Waals surface area contributed by atoms with E-state index in [9.17, 15) is 15.0 Å². The van der Waals surface area contributed by atoms with Gasteiger partial charge in [-0.25, -0.2) is 0 Å². The molecule has 4 nitrogen and oxygen atoms in total. The smallest absolute Gasteiger partial charge is 0.168 e. The van der Waals surface area contributed by atoms with Gasteiger partial charge in [0.1, 0.15) is 11.5 Å². The molecular weight excluding hydrogens is 326 g/mol. The summed E-state index contributed by atoms with van der Waals surface area (Å²) in [6, 6.07) is 10.8. The predicted octanol–water partition coefficient (Wildman–Crippen LogP) is 5.37. The predicted molar refractivity (Wildman–Crippen MR) is 103 cm³/mol. The van der Waals surface area contributed by atoms with E-state index in [0.717, 1.165) is 36.5 Å². The fraction of sp³-hybridized carbons (Fsp3) is 0.364. The van der Waals surface area contributed by atoms with Crippen LogP contribution < -0.4 is 0 Å². The molecule has 4 heteroatoms. The standard InChI is InChI=1S/C22H23NO3/c24-19-9-5-6-15-16(19)7-4-8-18(15)23-14-17-20(25)12-22(13-21(17)26)10-2-1-3-11-22/h4-9,14,24-25H,1-3,10-13H2. The van der Waals surface area contributed by atoms with Crippen molar-refractivity contribution in [2.45, 2.75) is 44.9 Å². The lowest BCUT2D eigenvalue weighted by atomic mass is 9.65. The summed E-state index contributed by atoms with van der Waals surface area (Å²) in [4.78, 5) is 17.1. The summed E-state index contributed by atoms with van der Waals surface area (Å²) in [7, 11) is 0. The van der Waals surface area contributed by atoms with Gasteiger partial charge in [-0.3, -0.25) is 9.79 Å². The largest absolute Gasteiger partial charge is 0.511 e. The highest BCUT2D eigenvalue weighted by atomic mass is 16.3. The Kier molecular flexibility index (Phi) is 4.27. The van der Waals surface area contributed by atoms with E-state index in [2.05, 4.69) is 4.99 Å².